The van der Waals surface area contributed by atoms with Crippen molar-refractivity contribution >= 4 is 11.5 Å². The van der Waals surface area contributed by atoms with Gasteiger partial charge in [0.2, 0.25) is 0 Å². The maximum Gasteiger partial charge on any atom is 0.157 e. The van der Waals surface area contributed by atoms with Gasteiger partial charge in [-0.05, 0) is 32.8 Å². The van der Waals surface area contributed by atoms with Crippen LogP contribution in [0.25, 0.3) is 5.65 Å². The zero-order chi connectivity index (χ0) is 16.7. The molecule has 4 heterocycles. The van der Waals surface area contributed by atoms with E-state index in [4.69, 9.17) is 0 Å². The van der Waals surface area contributed by atoms with Gasteiger partial charge in [0.25, 0.3) is 0 Å². The number of aryl methyl sites for hydroxylation is 1. The molecule has 0 atom stereocenters. The largest absolute Gasteiger partial charge is 0.385 e. The number of aliphatic hydroxyl groups is 1. The molecule has 124 valence electrons. The summed E-state index contributed by atoms with van der Waals surface area (Å²) >= 11 is 0. The maximum absolute atomic E-state index is 11.0. The van der Waals surface area contributed by atoms with E-state index < -0.39 is 5.60 Å². The molecule has 6 heteroatoms. The number of hydrogen-bond acceptors (Lipinski definition) is 5. The molecule has 1 aliphatic heterocycles. The van der Waals surface area contributed by atoms with Crippen molar-refractivity contribution in [1.82, 2.24) is 19.6 Å². The normalized spacial score (nSPS) is 17.4. The summed E-state index contributed by atoms with van der Waals surface area (Å²) in [6.07, 6.45) is 6.62. The molecule has 0 radical (unpaired) electrons. The van der Waals surface area contributed by atoms with Gasteiger partial charge in [0.15, 0.2) is 5.65 Å². The van der Waals surface area contributed by atoms with Crippen molar-refractivity contribution in [3.8, 4) is 0 Å². The summed E-state index contributed by atoms with van der Waals surface area (Å²) in [6, 6.07) is 5.76. The minimum absolute atomic E-state index is 0.669. The zero-order valence-electron chi connectivity index (χ0n) is 14.0. The van der Waals surface area contributed by atoms with Gasteiger partial charge in [0.05, 0.1) is 11.8 Å². The Kier molecular flexibility index (Phi) is 3.49. The van der Waals surface area contributed by atoms with Crippen molar-refractivity contribution in [2.45, 2.75) is 32.3 Å². The summed E-state index contributed by atoms with van der Waals surface area (Å²) in [5.74, 6) is 1.08. The Morgan fingerprint density at radius 3 is 2.62 bits per heavy atom. The van der Waals surface area contributed by atoms with Crippen molar-refractivity contribution in [1.29, 1.82) is 0 Å². The summed E-state index contributed by atoms with van der Waals surface area (Å²) in [6.45, 7) is 5.65. The third-order valence-corrected chi connectivity index (χ3v) is 5.07. The van der Waals surface area contributed by atoms with Crippen LogP contribution in [0.2, 0.25) is 0 Å². The minimum Gasteiger partial charge on any atom is -0.385 e. The first-order chi connectivity index (χ1) is 11.6. The number of pyridine rings is 1. The molecule has 0 amide bonds. The molecule has 3 aromatic rings. The highest BCUT2D eigenvalue weighted by molar-refractivity contribution is 5.56. The van der Waals surface area contributed by atoms with Crippen LogP contribution in [0.1, 0.15) is 29.7 Å². The van der Waals surface area contributed by atoms with Crippen LogP contribution in [-0.4, -0.2) is 37.8 Å². The van der Waals surface area contributed by atoms with E-state index in [1.54, 1.807) is 18.6 Å². The van der Waals surface area contributed by atoms with Gasteiger partial charge < -0.3 is 10.0 Å². The molecule has 0 bridgehead atoms. The number of anilines is 1. The molecule has 0 saturated carbocycles. The van der Waals surface area contributed by atoms with Crippen molar-refractivity contribution < 1.29 is 5.11 Å². The van der Waals surface area contributed by atoms with E-state index in [0.29, 0.717) is 12.8 Å². The second-order valence-corrected chi connectivity index (χ2v) is 6.51. The molecular weight excluding hydrogens is 302 g/mol. The van der Waals surface area contributed by atoms with Gasteiger partial charge in [-0.2, -0.15) is 9.61 Å². The maximum atomic E-state index is 11.0. The highest BCUT2D eigenvalue weighted by atomic mass is 16.3. The number of aromatic nitrogens is 4. The Hall–Kier alpha value is -2.47. The monoisotopic (exact) mass is 323 g/mol. The molecule has 24 heavy (non-hydrogen) atoms. The summed E-state index contributed by atoms with van der Waals surface area (Å²) in [7, 11) is 0. The van der Waals surface area contributed by atoms with Crippen molar-refractivity contribution in [2.24, 2.45) is 0 Å². The molecular formula is C18H21N5O. The molecule has 1 aliphatic rings. The molecule has 1 fully saturated rings. The first-order valence-electron chi connectivity index (χ1n) is 8.27. The van der Waals surface area contributed by atoms with Gasteiger partial charge >= 0.3 is 0 Å². The van der Waals surface area contributed by atoms with E-state index in [2.05, 4.69) is 26.9 Å². The van der Waals surface area contributed by atoms with Crippen LogP contribution in [0.4, 0.5) is 5.82 Å². The summed E-state index contributed by atoms with van der Waals surface area (Å²) in [4.78, 5) is 11.0. The van der Waals surface area contributed by atoms with Crippen LogP contribution in [-0.2, 0) is 5.60 Å². The van der Waals surface area contributed by atoms with Crippen LogP contribution < -0.4 is 4.90 Å². The quantitative estimate of drug-likeness (QED) is 0.783. The summed E-state index contributed by atoms with van der Waals surface area (Å²) in [5, 5.41) is 15.4. The Balaban J connectivity index is 1.65. The third kappa shape index (κ3) is 2.34. The smallest absolute Gasteiger partial charge is 0.157 e. The van der Waals surface area contributed by atoms with Gasteiger partial charge in [0.1, 0.15) is 5.82 Å². The van der Waals surface area contributed by atoms with E-state index in [1.807, 2.05) is 29.6 Å². The topological polar surface area (TPSA) is 66.5 Å². The first kappa shape index (κ1) is 15.1. The lowest BCUT2D eigenvalue weighted by molar-refractivity contribution is 0.0112. The van der Waals surface area contributed by atoms with Gasteiger partial charge in [0, 0.05) is 48.4 Å². The molecule has 0 aliphatic carbocycles. The lowest BCUT2D eigenvalue weighted by Gasteiger charge is -2.39. The second kappa shape index (κ2) is 5.56. The summed E-state index contributed by atoms with van der Waals surface area (Å²) < 4.78 is 1.90. The van der Waals surface area contributed by atoms with Crippen molar-refractivity contribution in [3.63, 3.8) is 0 Å². The minimum atomic E-state index is -0.802. The van der Waals surface area contributed by atoms with Crippen LogP contribution in [0.3, 0.4) is 0 Å². The van der Waals surface area contributed by atoms with E-state index in [1.165, 1.54) is 0 Å². The predicted octanol–water partition coefficient (Wildman–Crippen LogP) is 2.23. The average molecular weight is 323 g/mol. The van der Waals surface area contributed by atoms with Crippen LogP contribution in [0.15, 0.2) is 36.8 Å². The van der Waals surface area contributed by atoms with E-state index in [-0.39, 0.29) is 0 Å². The molecule has 1 saturated heterocycles. The molecule has 3 aromatic heterocycles. The Morgan fingerprint density at radius 1 is 1.12 bits per heavy atom. The predicted molar refractivity (Wildman–Crippen MR) is 92.0 cm³/mol. The number of nitrogens with zero attached hydrogens (tertiary/aromatic N) is 5. The fourth-order valence-electron chi connectivity index (χ4n) is 3.51. The highest BCUT2D eigenvalue weighted by Gasteiger charge is 2.35. The molecule has 0 unspecified atom stereocenters. The number of hydrogen-bond donors (Lipinski definition) is 1. The molecule has 1 N–H and O–H groups in total. The zero-order valence-corrected chi connectivity index (χ0v) is 14.0. The van der Waals surface area contributed by atoms with Crippen LogP contribution >= 0.6 is 0 Å². The van der Waals surface area contributed by atoms with Crippen LogP contribution in [0, 0.1) is 13.8 Å². The lowest BCUT2D eigenvalue weighted by atomic mass is 9.85. The van der Waals surface area contributed by atoms with Crippen LogP contribution in [0.5, 0.6) is 0 Å². The van der Waals surface area contributed by atoms with Gasteiger partial charge in [-0.25, -0.2) is 4.98 Å². The second-order valence-electron chi connectivity index (χ2n) is 6.51. The fraction of sp³-hybridized carbons (Fsp3) is 0.389. The van der Waals surface area contributed by atoms with Gasteiger partial charge in [-0.15, -0.1) is 0 Å². The lowest BCUT2D eigenvalue weighted by Crippen LogP contribution is -2.43. The van der Waals surface area contributed by atoms with Crippen molar-refractivity contribution in [2.75, 3.05) is 18.0 Å². The van der Waals surface area contributed by atoms with E-state index in [0.717, 1.165) is 41.4 Å². The number of piperidine rings is 1. The Bertz CT molecular complexity index is 866. The molecule has 4 rings (SSSR count). The first-order valence-corrected chi connectivity index (χ1v) is 8.27. The molecule has 0 spiro atoms. The Labute approximate surface area is 140 Å². The van der Waals surface area contributed by atoms with Crippen molar-refractivity contribution in [3.05, 3.63) is 53.6 Å². The third-order valence-electron chi connectivity index (χ3n) is 5.07. The fourth-order valence-corrected chi connectivity index (χ4v) is 3.51. The number of rotatable bonds is 2. The van der Waals surface area contributed by atoms with E-state index >= 15 is 0 Å². The average Bonchev–Trinajstić information content (AvgIpc) is 3.06. The SMILES string of the molecule is Cc1nc2ccnn2c(N2CCC(O)(c3cccnc3)CC2)c1C. The number of fused-ring (bicyclic) bond motifs is 1. The standard InChI is InChI=1S/C18H21N5O/c1-13-14(2)21-16-5-9-20-23(16)17(13)22-10-6-18(24,7-11-22)15-4-3-8-19-12-15/h3-5,8-9,12,24H,6-7,10-11H2,1-2H3. The summed E-state index contributed by atoms with van der Waals surface area (Å²) in [5.41, 5.74) is 3.12. The molecule has 0 aromatic carbocycles. The Morgan fingerprint density at radius 2 is 1.92 bits per heavy atom. The highest BCUT2D eigenvalue weighted by Crippen LogP contribution is 2.35. The van der Waals surface area contributed by atoms with E-state index in [9.17, 15) is 5.11 Å². The van der Waals surface area contributed by atoms with Gasteiger partial charge in [-0.3, -0.25) is 4.98 Å². The molecule has 6 nitrogen and oxygen atoms in total. The van der Waals surface area contributed by atoms with Gasteiger partial charge in [-0.1, -0.05) is 6.07 Å².